The fraction of sp³-hybridized carbons (Fsp3) is 0.211. The van der Waals surface area contributed by atoms with Gasteiger partial charge in [-0.05, 0) is 30.5 Å². The van der Waals surface area contributed by atoms with Crippen molar-refractivity contribution in [3.8, 4) is 11.3 Å². The van der Waals surface area contributed by atoms with E-state index in [2.05, 4.69) is 15.6 Å². The van der Waals surface area contributed by atoms with Crippen molar-refractivity contribution in [2.75, 3.05) is 5.32 Å². The molecule has 0 bridgehead atoms. The summed E-state index contributed by atoms with van der Waals surface area (Å²) < 4.78 is 0. The molecule has 0 saturated carbocycles. The Morgan fingerprint density at radius 1 is 1.22 bits per heavy atom. The molecule has 3 rings (SSSR count). The van der Waals surface area contributed by atoms with E-state index < -0.39 is 0 Å². The van der Waals surface area contributed by atoms with Crippen LogP contribution in [0, 0.1) is 6.92 Å². The molecule has 140 valence electrons. The first kappa shape index (κ1) is 19.5. The van der Waals surface area contributed by atoms with E-state index in [1.807, 2.05) is 48.7 Å². The second-order valence-electron chi connectivity index (χ2n) is 5.95. The van der Waals surface area contributed by atoms with E-state index in [0.717, 1.165) is 21.0 Å². The highest BCUT2D eigenvalue weighted by Gasteiger charge is 2.19. The summed E-state index contributed by atoms with van der Waals surface area (Å²) in [4.78, 5) is 30.4. The molecule has 8 heteroatoms. The van der Waals surface area contributed by atoms with Gasteiger partial charge in [0, 0.05) is 27.3 Å². The molecule has 1 atom stereocenters. The number of carbonyl (C=O) groups is 2. The minimum Gasteiger partial charge on any atom is -0.348 e. The highest BCUT2D eigenvalue weighted by molar-refractivity contribution is 7.16. The number of aryl methyl sites for hydroxylation is 1. The molecule has 0 aliphatic rings. The maximum absolute atomic E-state index is 12.5. The van der Waals surface area contributed by atoms with Gasteiger partial charge in [-0.15, -0.1) is 22.7 Å². The molecule has 27 heavy (non-hydrogen) atoms. The van der Waals surface area contributed by atoms with Gasteiger partial charge < -0.3 is 10.6 Å². The molecule has 5 nitrogen and oxygen atoms in total. The van der Waals surface area contributed by atoms with Crippen LogP contribution in [0.15, 0.2) is 41.8 Å². The van der Waals surface area contributed by atoms with Crippen LogP contribution < -0.4 is 10.6 Å². The van der Waals surface area contributed by atoms with Gasteiger partial charge in [0.2, 0.25) is 11.8 Å². The van der Waals surface area contributed by atoms with Crippen LogP contribution >= 0.6 is 34.3 Å². The second-order valence-corrected chi connectivity index (χ2v) is 8.57. The summed E-state index contributed by atoms with van der Waals surface area (Å²) in [5, 5.41) is 8.80. The van der Waals surface area contributed by atoms with Crippen LogP contribution in [0.25, 0.3) is 11.3 Å². The van der Waals surface area contributed by atoms with Crippen molar-refractivity contribution in [2.45, 2.75) is 26.3 Å². The van der Waals surface area contributed by atoms with Gasteiger partial charge in [-0.3, -0.25) is 9.59 Å². The van der Waals surface area contributed by atoms with Crippen molar-refractivity contribution in [3.05, 3.63) is 56.6 Å². The lowest BCUT2D eigenvalue weighted by atomic mass is 10.1. The van der Waals surface area contributed by atoms with E-state index in [9.17, 15) is 9.59 Å². The Kier molecular flexibility index (Phi) is 6.26. The molecule has 0 unspecified atom stereocenters. The lowest BCUT2D eigenvalue weighted by molar-refractivity contribution is -0.120. The van der Waals surface area contributed by atoms with E-state index >= 15 is 0 Å². The topological polar surface area (TPSA) is 71.1 Å². The predicted octanol–water partition coefficient (Wildman–Crippen LogP) is 5.04. The van der Waals surface area contributed by atoms with E-state index in [1.165, 1.54) is 29.6 Å². The van der Waals surface area contributed by atoms with Gasteiger partial charge in [-0.1, -0.05) is 29.8 Å². The maximum atomic E-state index is 12.5. The fourth-order valence-corrected chi connectivity index (χ4v) is 4.39. The summed E-state index contributed by atoms with van der Waals surface area (Å²) >= 11 is 8.86. The van der Waals surface area contributed by atoms with Crippen LogP contribution in [-0.4, -0.2) is 16.8 Å². The van der Waals surface area contributed by atoms with Gasteiger partial charge in [-0.2, -0.15) is 0 Å². The van der Waals surface area contributed by atoms with Crippen molar-refractivity contribution in [1.29, 1.82) is 0 Å². The average Bonchev–Trinajstić information content (AvgIpc) is 3.24. The van der Waals surface area contributed by atoms with E-state index in [-0.39, 0.29) is 24.3 Å². The monoisotopic (exact) mass is 419 g/mol. The molecule has 2 heterocycles. The van der Waals surface area contributed by atoms with Gasteiger partial charge in [0.25, 0.3) is 0 Å². The Hall–Kier alpha value is -2.22. The summed E-state index contributed by atoms with van der Waals surface area (Å²) in [5.41, 5.74) is 1.77. The van der Waals surface area contributed by atoms with Gasteiger partial charge in [-0.25, -0.2) is 4.98 Å². The molecule has 2 aromatic heterocycles. The predicted molar refractivity (Wildman–Crippen MR) is 111 cm³/mol. The summed E-state index contributed by atoms with van der Waals surface area (Å²) in [5.74, 6) is -0.366. The Morgan fingerprint density at radius 3 is 2.59 bits per heavy atom. The molecule has 0 aliphatic carbocycles. The Morgan fingerprint density at radius 2 is 1.96 bits per heavy atom. The summed E-state index contributed by atoms with van der Waals surface area (Å²) in [6.07, 6.45) is 0.148. The standard InChI is InChI=1S/C19H18ClN3O2S2/c1-11-18(13-5-7-14(20)8-6-13)23-19(27-11)22-17(25)10-15(21-12(2)24)16-4-3-9-26-16/h3-9,15H,10H2,1-2H3,(H,21,24)(H,22,23,25)/t15-/m1/s1. The number of hydrogen-bond donors (Lipinski definition) is 2. The summed E-state index contributed by atoms with van der Waals surface area (Å²) in [6, 6.07) is 10.9. The SMILES string of the molecule is CC(=O)N[C@H](CC(=O)Nc1nc(-c2ccc(Cl)cc2)c(C)s1)c1cccs1. The normalized spacial score (nSPS) is 11.8. The molecule has 0 radical (unpaired) electrons. The largest absolute Gasteiger partial charge is 0.348 e. The van der Waals surface area contributed by atoms with Crippen LogP contribution in [-0.2, 0) is 9.59 Å². The minimum atomic E-state index is -0.348. The Balaban J connectivity index is 1.71. The van der Waals surface area contributed by atoms with Crippen molar-refractivity contribution >= 4 is 51.2 Å². The van der Waals surface area contributed by atoms with Crippen molar-refractivity contribution < 1.29 is 9.59 Å². The van der Waals surface area contributed by atoms with Gasteiger partial charge in [0.15, 0.2) is 5.13 Å². The maximum Gasteiger partial charge on any atom is 0.228 e. The Labute approximate surface area is 170 Å². The van der Waals surface area contributed by atoms with Gasteiger partial charge in [0.1, 0.15) is 0 Å². The quantitative estimate of drug-likeness (QED) is 0.588. The first-order valence-electron chi connectivity index (χ1n) is 8.26. The zero-order valence-electron chi connectivity index (χ0n) is 14.8. The number of hydrogen-bond acceptors (Lipinski definition) is 5. The number of aromatic nitrogens is 1. The molecule has 2 N–H and O–H groups in total. The van der Waals surface area contributed by atoms with E-state index in [1.54, 1.807) is 0 Å². The summed E-state index contributed by atoms with van der Waals surface area (Å²) in [6.45, 7) is 3.41. The highest BCUT2D eigenvalue weighted by Crippen LogP contribution is 2.31. The number of benzene rings is 1. The third-order valence-corrected chi connectivity index (χ3v) is 5.94. The average molecular weight is 420 g/mol. The van der Waals surface area contributed by atoms with Crippen LogP contribution in [0.3, 0.4) is 0 Å². The number of carbonyl (C=O) groups excluding carboxylic acids is 2. The molecule has 0 saturated heterocycles. The van der Waals surface area contributed by atoms with Gasteiger partial charge >= 0.3 is 0 Å². The van der Waals surface area contributed by atoms with Crippen LogP contribution in [0.1, 0.15) is 29.1 Å². The fourth-order valence-electron chi connectivity index (χ4n) is 2.64. The number of rotatable bonds is 6. The van der Waals surface area contributed by atoms with Crippen molar-refractivity contribution in [1.82, 2.24) is 10.3 Å². The first-order chi connectivity index (χ1) is 12.9. The first-order valence-corrected chi connectivity index (χ1v) is 10.3. The number of anilines is 1. The summed E-state index contributed by atoms with van der Waals surface area (Å²) in [7, 11) is 0. The zero-order valence-corrected chi connectivity index (χ0v) is 17.2. The number of thiazole rings is 1. The minimum absolute atomic E-state index is 0.148. The lowest BCUT2D eigenvalue weighted by Crippen LogP contribution is -2.29. The van der Waals surface area contributed by atoms with E-state index in [0.29, 0.717) is 10.2 Å². The van der Waals surface area contributed by atoms with Crippen molar-refractivity contribution in [2.24, 2.45) is 0 Å². The molecule has 3 aromatic rings. The smallest absolute Gasteiger partial charge is 0.228 e. The van der Waals surface area contributed by atoms with Crippen LogP contribution in [0.5, 0.6) is 0 Å². The highest BCUT2D eigenvalue weighted by atomic mass is 35.5. The zero-order chi connectivity index (χ0) is 19.4. The van der Waals surface area contributed by atoms with Gasteiger partial charge in [0.05, 0.1) is 18.2 Å². The van der Waals surface area contributed by atoms with Crippen LogP contribution in [0.2, 0.25) is 5.02 Å². The molecule has 1 aromatic carbocycles. The number of halogens is 1. The third-order valence-electron chi connectivity index (χ3n) is 3.81. The van der Waals surface area contributed by atoms with Crippen molar-refractivity contribution in [3.63, 3.8) is 0 Å². The Bertz CT molecular complexity index is 937. The van der Waals surface area contributed by atoms with Crippen LogP contribution in [0.4, 0.5) is 5.13 Å². The molecule has 0 spiro atoms. The lowest BCUT2D eigenvalue weighted by Gasteiger charge is -2.15. The molecular formula is C19H18ClN3O2S2. The third kappa shape index (κ3) is 5.15. The molecule has 2 amide bonds. The molecule has 0 fully saturated rings. The molecular weight excluding hydrogens is 402 g/mol. The number of thiophene rings is 1. The molecule has 0 aliphatic heterocycles. The second kappa shape index (κ2) is 8.65. The number of nitrogens with zero attached hydrogens (tertiary/aromatic N) is 1. The van der Waals surface area contributed by atoms with E-state index in [4.69, 9.17) is 11.6 Å². The number of amides is 2. The number of nitrogens with one attached hydrogen (secondary N) is 2.